The van der Waals surface area contributed by atoms with Crippen LogP contribution in [0.2, 0.25) is 0 Å². The number of hydrogen-bond acceptors (Lipinski definition) is 5. The topological polar surface area (TPSA) is 108 Å². The molecule has 3 rings (SSSR count). The lowest BCUT2D eigenvalue weighted by Gasteiger charge is -2.06. The van der Waals surface area contributed by atoms with Crippen LogP contribution in [0.15, 0.2) is 59.0 Å². The van der Waals surface area contributed by atoms with Gasteiger partial charge in [-0.2, -0.15) is 0 Å². The van der Waals surface area contributed by atoms with Crippen molar-refractivity contribution in [3.8, 4) is 17.1 Å². The molecule has 2 aromatic carbocycles. The number of aliphatic hydroxyl groups excluding tert-OH is 1. The molecule has 0 aliphatic rings. The van der Waals surface area contributed by atoms with Crippen molar-refractivity contribution < 1.29 is 29.3 Å². The number of aliphatic hydroxyl groups is 1. The van der Waals surface area contributed by atoms with Gasteiger partial charge in [0.1, 0.15) is 22.8 Å². The molecule has 0 unspecified atom stereocenters. The predicted octanol–water partition coefficient (Wildman–Crippen LogP) is 4.30. The van der Waals surface area contributed by atoms with Crippen LogP contribution in [0.5, 0.6) is 5.75 Å². The monoisotopic (exact) mass is 392 g/mol. The molecular formula is C23H20O6. The number of furan rings is 1. The van der Waals surface area contributed by atoms with Gasteiger partial charge in [0.15, 0.2) is 5.78 Å². The molecule has 29 heavy (non-hydrogen) atoms. The highest BCUT2D eigenvalue weighted by Gasteiger charge is 2.13. The lowest BCUT2D eigenvalue weighted by Crippen LogP contribution is -1.99. The third kappa shape index (κ3) is 4.44. The highest BCUT2D eigenvalue weighted by atomic mass is 16.4. The van der Waals surface area contributed by atoms with Gasteiger partial charge in [0.05, 0.1) is 6.61 Å². The molecule has 6 nitrogen and oxygen atoms in total. The molecule has 0 saturated carbocycles. The average Bonchev–Trinajstić information content (AvgIpc) is 3.20. The van der Waals surface area contributed by atoms with Gasteiger partial charge in [0.25, 0.3) is 0 Å². The Hall–Kier alpha value is -3.64. The Balaban J connectivity index is 1.80. The summed E-state index contributed by atoms with van der Waals surface area (Å²) in [5.74, 6) is -0.904. The minimum absolute atomic E-state index is 0.0660. The van der Waals surface area contributed by atoms with E-state index >= 15 is 0 Å². The lowest BCUT2D eigenvalue weighted by atomic mass is 10.00. The van der Waals surface area contributed by atoms with Gasteiger partial charge in [0, 0.05) is 11.1 Å². The zero-order chi connectivity index (χ0) is 21.0. The molecule has 1 heterocycles. The second-order valence-corrected chi connectivity index (χ2v) is 6.43. The Morgan fingerprint density at radius 1 is 1.03 bits per heavy atom. The number of aryl methyl sites for hydroxylation is 1. The van der Waals surface area contributed by atoms with Crippen LogP contribution in [0.25, 0.3) is 17.4 Å². The van der Waals surface area contributed by atoms with Crippen LogP contribution in [0.1, 0.15) is 44.5 Å². The van der Waals surface area contributed by atoms with E-state index < -0.39 is 5.97 Å². The molecule has 0 aliphatic heterocycles. The van der Waals surface area contributed by atoms with Gasteiger partial charge in [-0.1, -0.05) is 19.1 Å². The number of rotatable bonds is 7. The first-order valence-corrected chi connectivity index (χ1v) is 9.04. The molecule has 0 radical (unpaired) electrons. The normalized spacial score (nSPS) is 11.1. The summed E-state index contributed by atoms with van der Waals surface area (Å²) in [4.78, 5) is 23.6. The van der Waals surface area contributed by atoms with E-state index in [1.165, 1.54) is 24.3 Å². The summed E-state index contributed by atoms with van der Waals surface area (Å²) in [6, 6.07) is 12.7. The molecule has 0 atom stereocenters. The van der Waals surface area contributed by atoms with Crippen molar-refractivity contribution in [1.29, 1.82) is 0 Å². The Labute approximate surface area is 167 Å². The fourth-order valence-electron chi connectivity index (χ4n) is 2.97. The van der Waals surface area contributed by atoms with E-state index in [4.69, 9.17) is 9.52 Å². The number of aromatic hydroxyl groups is 1. The van der Waals surface area contributed by atoms with Crippen molar-refractivity contribution in [1.82, 2.24) is 0 Å². The van der Waals surface area contributed by atoms with Gasteiger partial charge in [0.2, 0.25) is 0 Å². The van der Waals surface area contributed by atoms with Crippen LogP contribution in [-0.2, 0) is 13.0 Å². The van der Waals surface area contributed by atoms with Crippen molar-refractivity contribution in [2.45, 2.75) is 20.0 Å². The molecule has 0 amide bonds. The number of ketones is 1. The third-order valence-corrected chi connectivity index (χ3v) is 4.58. The summed E-state index contributed by atoms with van der Waals surface area (Å²) in [7, 11) is 0. The van der Waals surface area contributed by atoms with E-state index in [-0.39, 0.29) is 23.7 Å². The largest absolute Gasteiger partial charge is 0.507 e. The van der Waals surface area contributed by atoms with Crippen LogP contribution in [0.4, 0.5) is 0 Å². The maximum absolute atomic E-state index is 12.4. The molecule has 0 saturated heterocycles. The maximum Gasteiger partial charge on any atom is 0.339 e. The number of carboxylic acids is 1. The molecule has 148 valence electrons. The molecule has 0 aliphatic carbocycles. The number of aromatic carboxylic acids is 1. The Bertz CT molecular complexity index is 1090. The Kier molecular flexibility index (Phi) is 5.95. The van der Waals surface area contributed by atoms with Crippen LogP contribution >= 0.6 is 0 Å². The molecule has 0 bridgehead atoms. The molecule has 0 spiro atoms. The van der Waals surface area contributed by atoms with Gasteiger partial charge in [-0.3, -0.25) is 4.79 Å². The molecule has 3 N–H and O–H groups in total. The fourth-order valence-corrected chi connectivity index (χ4v) is 2.97. The zero-order valence-electron chi connectivity index (χ0n) is 15.8. The summed E-state index contributed by atoms with van der Waals surface area (Å²) < 4.78 is 5.67. The average molecular weight is 392 g/mol. The number of carbonyl (C=O) groups is 2. The summed E-state index contributed by atoms with van der Waals surface area (Å²) in [5.41, 5.74) is 2.53. The summed E-state index contributed by atoms with van der Waals surface area (Å²) in [5, 5.41) is 28.1. The van der Waals surface area contributed by atoms with Gasteiger partial charge >= 0.3 is 5.97 Å². The van der Waals surface area contributed by atoms with Gasteiger partial charge in [-0.15, -0.1) is 0 Å². The van der Waals surface area contributed by atoms with Crippen molar-refractivity contribution in [2.24, 2.45) is 0 Å². The summed E-state index contributed by atoms with van der Waals surface area (Å²) >= 11 is 0. The van der Waals surface area contributed by atoms with E-state index in [9.17, 15) is 19.8 Å². The SMILES string of the molecule is CCc1cc(C(=O)/C=C/c2ccc(-c3ccc(O)c(C(=O)O)c3)o2)ccc1CO. The number of hydrogen-bond donors (Lipinski definition) is 3. The van der Waals surface area contributed by atoms with E-state index in [2.05, 4.69) is 0 Å². The number of phenols is 1. The predicted molar refractivity (Wildman–Crippen MR) is 108 cm³/mol. The molecular weight excluding hydrogens is 372 g/mol. The van der Waals surface area contributed by atoms with Crippen molar-refractivity contribution in [3.05, 3.63) is 82.6 Å². The van der Waals surface area contributed by atoms with Crippen LogP contribution in [0.3, 0.4) is 0 Å². The van der Waals surface area contributed by atoms with Crippen LogP contribution in [-0.4, -0.2) is 27.1 Å². The Morgan fingerprint density at radius 2 is 1.83 bits per heavy atom. The van der Waals surface area contributed by atoms with Crippen molar-refractivity contribution in [2.75, 3.05) is 0 Å². The van der Waals surface area contributed by atoms with Crippen molar-refractivity contribution in [3.63, 3.8) is 0 Å². The van der Waals surface area contributed by atoms with Gasteiger partial charge in [-0.25, -0.2) is 4.79 Å². The molecule has 6 heteroatoms. The lowest BCUT2D eigenvalue weighted by molar-refractivity contribution is 0.0693. The van der Waals surface area contributed by atoms with E-state index in [0.717, 1.165) is 11.1 Å². The first-order valence-electron chi connectivity index (χ1n) is 9.04. The summed E-state index contributed by atoms with van der Waals surface area (Å²) in [6.45, 7) is 1.89. The fraction of sp³-hybridized carbons (Fsp3) is 0.130. The van der Waals surface area contributed by atoms with Crippen molar-refractivity contribution >= 4 is 17.8 Å². The number of carbonyl (C=O) groups excluding carboxylic acids is 1. The number of carboxylic acid groups (broad SMARTS) is 1. The maximum atomic E-state index is 12.4. The standard InChI is InChI=1S/C23H20O6/c1-2-14-11-15(3-4-17(14)13-24)20(25)9-6-18-7-10-22(29-18)16-5-8-21(26)19(12-16)23(27)28/h3-12,24,26H,2,13H2,1H3,(H,27,28)/b9-6+. The van der Waals surface area contributed by atoms with E-state index in [1.54, 1.807) is 36.4 Å². The highest BCUT2D eigenvalue weighted by Crippen LogP contribution is 2.28. The van der Waals surface area contributed by atoms with E-state index in [1.807, 2.05) is 6.92 Å². The van der Waals surface area contributed by atoms with Crippen LogP contribution < -0.4 is 0 Å². The highest BCUT2D eigenvalue weighted by molar-refractivity contribution is 6.06. The number of allylic oxidation sites excluding steroid dienone is 1. The van der Waals surface area contributed by atoms with E-state index in [0.29, 0.717) is 29.1 Å². The summed E-state index contributed by atoms with van der Waals surface area (Å²) in [6.07, 6.45) is 3.65. The second kappa shape index (κ2) is 8.58. The Morgan fingerprint density at radius 3 is 2.52 bits per heavy atom. The first kappa shape index (κ1) is 20.1. The smallest absolute Gasteiger partial charge is 0.339 e. The van der Waals surface area contributed by atoms with Crippen LogP contribution in [0, 0.1) is 0 Å². The first-order chi connectivity index (χ1) is 13.9. The second-order valence-electron chi connectivity index (χ2n) is 6.43. The molecule has 0 fully saturated rings. The quantitative estimate of drug-likeness (QED) is 0.409. The minimum atomic E-state index is -1.24. The van der Waals surface area contributed by atoms with Gasteiger partial charge < -0.3 is 19.7 Å². The third-order valence-electron chi connectivity index (χ3n) is 4.58. The molecule has 3 aromatic rings. The zero-order valence-corrected chi connectivity index (χ0v) is 15.8. The van der Waals surface area contributed by atoms with Gasteiger partial charge in [-0.05, 0) is 66.1 Å². The molecule has 1 aromatic heterocycles. The minimum Gasteiger partial charge on any atom is -0.507 e. The number of benzene rings is 2.